The molecule has 0 bridgehead atoms. The van der Waals surface area contributed by atoms with Crippen molar-refractivity contribution in [2.24, 2.45) is 0 Å². The van der Waals surface area contributed by atoms with Crippen molar-refractivity contribution in [3.63, 3.8) is 0 Å². The molecule has 1 rings (SSSR count). The van der Waals surface area contributed by atoms with E-state index in [1.807, 2.05) is 25.2 Å². The van der Waals surface area contributed by atoms with Gasteiger partial charge in [0.15, 0.2) is 0 Å². The summed E-state index contributed by atoms with van der Waals surface area (Å²) >= 11 is 0. The average Bonchev–Trinajstić information content (AvgIpc) is 2.39. The Morgan fingerprint density at radius 1 is 1.56 bits per heavy atom. The summed E-state index contributed by atoms with van der Waals surface area (Å²) in [6.45, 7) is 5.61. The fourth-order valence-corrected chi connectivity index (χ4v) is 0.619. The Morgan fingerprint density at radius 3 is 2.44 bits per heavy atom. The van der Waals surface area contributed by atoms with Crippen LogP contribution in [-0.2, 0) is 0 Å². The van der Waals surface area contributed by atoms with E-state index in [1.54, 1.807) is 0 Å². The molecule has 0 aliphatic carbocycles. The summed E-state index contributed by atoms with van der Waals surface area (Å²) in [4.78, 5) is 0. The van der Waals surface area contributed by atoms with E-state index in [4.69, 9.17) is 5.41 Å². The smallest absolute Gasteiger partial charge is 0.0691 e. The highest BCUT2D eigenvalue weighted by atomic mass is 14.4. The van der Waals surface area contributed by atoms with E-state index >= 15 is 0 Å². The van der Waals surface area contributed by atoms with Crippen LogP contribution in [0.2, 0.25) is 0 Å². The minimum Gasteiger partial charge on any atom is -0.300 e. The lowest BCUT2D eigenvalue weighted by Gasteiger charge is -1.60. The van der Waals surface area contributed by atoms with Crippen LogP contribution in [0.15, 0.2) is 12.2 Å². The monoisotopic (exact) mass is 119 g/mol. The van der Waals surface area contributed by atoms with E-state index in [0.717, 1.165) is 10.4 Å². The molecule has 9 heavy (non-hydrogen) atoms. The molecule has 0 saturated heterocycles. The molecule has 0 unspecified atom stereocenters. The SMILES string of the molecule is C=c1c(=N)/c1=C\C=C/C. The summed E-state index contributed by atoms with van der Waals surface area (Å²) in [6, 6.07) is 0. The van der Waals surface area contributed by atoms with Crippen LogP contribution in [0.1, 0.15) is 6.92 Å². The van der Waals surface area contributed by atoms with Gasteiger partial charge < -0.3 is 0 Å². The van der Waals surface area contributed by atoms with Gasteiger partial charge in [-0.3, -0.25) is 5.41 Å². The zero-order valence-electron chi connectivity index (χ0n) is 5.44. The molecule has 0 aromatic heterocycles. The highest BCUT2D eigenvalue weighted by Crippen LogP contribution is 1.67. The van der Waals surface area contributed by atoms with Gasteiger partial charge in [-0.1, -0.05) is 24.8 Å². The summed E-state index contributed by atoms with van der Waals surface area (Å²) in [6.07, 6.45) is 5.76. The zero-order valence-corrected chi connectivity index (χ0v) is 5.44. The van der Waals surface area contributed by atoms with Gasteiger partial charge >= 0.3 is 0 Å². The number of hydrogen-bond donors (Lipinski definition) is 1. The van der Waals surface area contributed by atoms with Crippen LogP contribution in [0.3, 0.4) is 0 Å². The molecule has 1 N–H and O–H groups in total. The molecule has 0 aliphatic heterocycles. The van der Waals surface area contributed by atoms with Gasteiger partial charge in [-0.2, -0.15) is 0 Å². The minimum absolute atomic E-state index is 0.605. The van der Waals surface area contributed by atoms with Crippen molar-refractivity contribution in [3.05, 3.63) is 27.9 Å². The van der Waals surface area contributed by atoms with Crippen LogP contribution < -0.4 is 15.8 Å². The third-order valence-corrected chi connectivity index (χ3v) is 1.29. The quantitative estimate of drug-likeness (QED) is 0.530. The van der Waals surface area contributed by atoms with Gasteiger partial charge in [0, 0.05) is 10.4 Å². The van der Waals surface area contributed by atoms with E-state index in [2.05, 4.69) is 6.58 Å². The van der Waals surface area contributed by atoms with E-state index in [9.17, 15) is 0 Å². The molecule has 0 amide bonds. The first-order valence-electron chi connectivity index (χ1n) is 2.89. The Kier molecular flexibility index (Phi) is 1.35. The van der Waals surface area contributed by atoms with Gasteiger partial charge in [-0.05, 0) is 6.92 Å². The molecule has 0 fully saturated rings. The molecule has 46 valence electrons. The molecule has 0 atom stereocenters. The average molecular weight is 119 g/mol. The second-order valence-electron chi connectivity index (χ2n) is 1.96. The first-order valence-corrected chi connectivity index (χ1v) is 2.89. The van der Waals surface area contributed by atoms with E-state index in [1.165, 1.54) is 0 Å². The standard InChI is InChI=1S/C8H9N/c1-3-4-5-7-6(2)8(7)9/h3-5,9H,2H2,1H3/b4-3-,7-5-,9-8?. The van der Waals surface area contributed by atoms with Crippen LogP contribution in [0, 0.1) is 5.41 Å². The maximum atomic E-state index is 7.15. The molecule has 0 spiro atoms. The fourth-order valence-electron chi connectivity index (χ4n) is 0.619. The highest BCUT2D eigenvalue weighted by Gasteiger charge is 1.94. The summed E-state index contributed by atoms with van der Waals surface area (Å²) < 4.78 is 0. The van der Waals surface area contributed by atoms with Crippen molar-refractivity contribution >= 4 is 12.7 Å². The Hall–Kier alpha value is -1.11. The van der Waals surface area contributed by atoms with Crippen LogP contribution >= 0.6 is 0 Å². The lowest BCUT2D eigenvalue weighted by Crippen LogP contribution is -1.92. The first kappa shape index (κ1) is 6.02. The number of rotatable bonds is 1. The largest absolute Gasteiger partial charge is 0.300 e. The number of allylic oxidation sites excluding steroid dienone is 2. The summed E-state index contributed by atoms with van der Waals surface area (Å²) in [5.41, 5.74) is 0. The molecule has 1 nitrogen and oxygen atoms in total. The lowest BCUT2D eigenvalue weighted by atomic mass is 10.5. The maximum absolute atomic E-state index is 7.15. The second-order valence-corrected chi connectivity index (χ2v) is 1.96. The van der Waals surface area contributed by atoms with Gasteiger partial charge in [0.1, 0.15) is 0 Å². The normalized spacial score (nSPS) is 14.1. The Bertz CT molecular complexity index is 309. The number of nitrogens with one attached hydrogen (secondary N) is 1. The van der Waals surface area contributed by atoms with E-state index in [-0.39, 0.29) is 0 Å². The molecule has 0 heterocycles. The summed E-state index contributed by atoms with van der Waals surface area (Å²) in [5, 5.41) is 9.63. The Labute approximate surface area is 53.8 Å². The summed E-state index contributed by atoms with van der Waals surface area (Å²) in [7, 11) is 0. The topological polar surface area (TPSA) is 23.9 Å². The zero-order chi connectivity index (χ0) is 6.85. The minimum atomic E-state index is 0.605. The van der Waals surface area contributed by atoms with Gasteiger partial charge in [0.25, 0.3) is 0 Å². The predicted molar refractivity (Wildman–Crippen MR) is 38.7 cm³/mol. The summed E-state index contributed by atoms with van der Waals surface area (Å²) in [5.74, 6) is 0. The lowest BCUT2D eigenvalue weighted by molar-refractivity contribution is 1.35. The van der Waals surface area contributed by atoms with E-state index < -0.39 is 0 Å². The van der Waals surface area contributed by atoms with Gasteiger partial charge in [0.2, 0.25) is 0 Å². The van der Waals surface area contributed by atoms with Crippen molar-refractivity contribution < 1.29 is 0 Å². The Balaban J connectivity index is 3.05. The maximum Gasteiger partial charge on any atom is 0.0691 e. The molecule has 0 saturated carbocycles. The molecular formula is C8H9N. The van der Waals surface area contributed by atoms with Gasteiger partial charge in [-0.25, -0.2) is 0 Å². The fraction of sp³-hybridized carbons (Fsp3) is 0.125. The van der Waals surface area contributed by atoms with Crippen molar-refractivity contribution in [1.29, 1.82) is 5.41 Å². The van der Waals surface area contributed by atoms with Crippen LogP contribution in [0.5, 0.6) is 0 Å². The van der Waals surface area contributed by atoms with Crippen molar-refractivity contribution in [2.75, 3.05) is 0 Å². The third-order valence-electron chi connectivity index (χ3n) is 1.29. The van der Waals surface area contributed by atoms with E-state index in [0.29, 0.717) is 5.36 Å². The molecule has 0 radical (unpaired) electrons. The predicted octanol–water partition coefficient (Wildman–Crippen LogP) is -0.191. The van der Waals surface area contributed by atoms with Gasteiger partial charge in [0.05, 0.1) is 5.36 Å². The van der Waals surface area contributed by atoms with Crippen LogP contribution in [0.25, 0.3) is 12.7 Å². The molecule has 1 aromatic rings. The van der Waals surface area contributed by atoms with Crippen LogP contribution in [-0.4, -0.2) is 0 Å². The number of hydrogen-bond acceptors (Lipinski definition) is 1. The van der Waals surface area contributed by atoms with Gasteiger partial charge in [-0.15, -0.1) is 0 Å². The highest BCUT2D eigenvalue weighted by molar-refractivity contribution is 5.40. The molecule has 0 aliphatic rings. The van der Waals surface area contributed by atoms with Crippen molar-refractivity contribution in [2.45, 2.75) is 6.92 Å². The molecular weight excluding hydrogens is 110 g/mol. The Morgan fingerprint density at radius 2 is 2.11 bits per heavy atom. The third kappa shape index (κ3) is 0.992. The molecule has 1 aromatic carbocycles. The van der Waals surface area contributed by atoms with Crippen molar-refractivity contribution in [1.82, 2.24) is 0 Å². The molecule has 1 heteroatoms. The first-order chi connectivity index (χ1) is 4.27. The van der Waals surface area contributed by atoms with Crippen LogP contribution in [0.4, 0.5) is 0 Å². The second kappa shape index (κ2) is 2.02. The van der Waals surface area contributed by atoms with Crippen molar-refractivity contribution in [3.8, 4) is 0 Å².